The van der Waals surface area contributed by atoms with E-state index in [1.807, 2.05) is 6.92 Å². The Morgan fingerprint density at radius 1 is 1.25 bits per heavy atom. The van der Waals surface area contributed by atoms with Crippen molar-refractivity contribution >= 4 is 0 Å². The van der Waals surface area contributed by atoms with Crippen molar-refractivity contribution < 1.29 is 5.11 Å². The minimum Gasteiger partial charge on any atom is -0.393 e. The zero-order chi connectivity index (χ0) is 12.1. The molecule has 90 valence electrons. The highest BCUT2D eigenvalue weighted by Gasteiger charge is 2.07. The quantitative estimate of drug-likeness (QED) is 0.801. The van der Waals surface area contributed by atoms with Gasteiger partial charge in [0.15, 0.2) is 0 Å². The van der Waals surface area contributed by atoms with Crippen LogP contribution in [0.5, 0.6) is 0 Å². The molecule has 0 heterocycles. The van der Waals surface area contributed by atoms with Crippen LogP contribution in [0.25, 0.3) is 0 Å². The van der Waals surface area contributed by atoms with E-state index in [-0.39, 0.29) is 6.10 Å². The van der Waals surface area contributed by atoms with Crippen molar-refractivity contribution in [1.82, 2.24) is 5.32 Å². The van der Waals surface area contributed by atoms with Crippen molar-refractivity contribution in [3.63, 3.8) is 0 Å². The van der Waals surface area contributed by atoms with E-state index in [4.69, 9.17) is 0 Å². The first kappa shape index (κ1) is 13.2. The first-order valence-corrected chi connectivity index (χ1v) is 5.99. The van der Waals surface area contributed by atoms with Crippen LogP contribution in [0.2, 0.25) is 0 Å². The number of hydrogen-bond acceptors (Lipinski definition) is 2. The molecule has 1 aromatic rings. The molecule has 0 aromatic heterocycles. The number of aryl methyl sites for hydroxylation is 2. The third-order valence-corrected chi connectivity index (χ3v) is 2.90. The Hall–Kier alpha value is -0.860. The van der Waals surface area contributed by atoms with Gasteiger partial charge in [0.1, 0.15) is 0 Å². The minimum absolute atomic E-state index is 0.223. The average Bonchev–Trinajstić information content (AvgIpc) is 2.16. The standard InChI is InChI=1S/C14H23NO/c1-10-5-6-14(11(2)9-10)13(4)15-8-7-12(3)16/h5-6,9,12-13,15-16H,7-8H2,1-4H3. The summed E-state index contributed by atoms with van der Waals surface area (Å²) in [4.78, 5) is 0. The van der Waals surface area contributed by atoms with Gasteiger partial charge in [0.2, 0.25) is 0 Å². The summed E-state index contributed by atoms with van der Waals surface area (Å²) in [7, 11) is 0. The molecule has 2 atom stereocenters. The van der Waals surface area contributed by atoms with Crippen LogP contribution in [-0.4, -0.2) is 17.8 Å². The maximum absolute atomic E-state index is 9.19. The highest BCUT2D eigenvalue weighted by molar-refractivity contribution is 5.32. The van der Waals surface area contributed by atoms with Crippen LogP contribution in [-0.2, 0) is 0 Å². The number of nitrogens with one attached hydrogen (secondary N) is 1. The molecule has 0 aliphatic carbocycles. The molecule has 0 aliphatic rings. The zero-order valence-electron chi connectivity index (χ0n) is 10.7. The van der Waals surface area contributed by atoms with E-state index in [9.17, 15) is 5.11 Å². The highest BCUT2D eigenvalue weighted by atomic mass is 16.3. The maximum atomic E-state index is 9.19. The van der Waals surface area contributed by atoms with Crippen LogP contribution < -0.4 is 5.32 Å². The first-order valence-electron chi connectivity index (χ1n) is 5.99. The van der Waals surface area contributed by atoms with Crippen LogP contribution in [0.4, 0.5) is 0 Å². The minimum atomic E-state index is -0.223. The van der Waals surface area contributed by atoms with Crippen molar-refractivity contribution in [1.29, 1.82) is 0 Å². The van der Waals surface area contributed by atoms with Crippen molar-refractivity contribution in [2.24, 2.45) is 0 Å². The molecule has 2 unspecified atom stereocenters. The van der Waals surface area contributed by atoms with Gasteiger partial charge in [-0.15, -0.1) is 0 Å². The third kappa shape index (κ3) is 3.95. The van der Waals surface area contributed by atoms with Gasteiger partial charge in [-0.25, -0.2) is 0 Å². The van der Waals surface area contributed by atoms with Crippen LogP contribution in [0.3, 0.4) is 0 Å². The van der Waals surface area contributed by atoms with Crippen LogP contribution >= 0.6 is 0 Å². The molecule has 1 rings (SSSR count). The van der Waals surface area contributed by atoms with Crippen molar-refractivity contribution in [2.75, 3.05) is 6.54 Å². The van der Waals surface area contributed by atoms with Gasteiger partial charge in [0.25, 0.3) is 0 Å². The lowest BCUT2D eigenvalue weighted by molar-refractivity contribution is 0.182. The van der Waals surface area contributed by atoms with E-state index in [0.29, 0.717) is 6.04 Å². The molecule has 2 N–H and O–H groups in total. The smallest absolute Gasteiger partial charge is 0.0524 e. The number of aliphatic hydroxyl groups is 1. The van der Waals surface area contributed by atoms with E-state index in [2.05, 4.69) is 44.3 Å². The molecular weight excluding hydrogens is 198 g/mol. The van der Waals surface area contributed by atoms with Gasteiger partial charge in [-0.3, -0.25) is 0 Å². The molecule has 0 radical (unpaired) electrons. The summed E-state index contributed by atoms with van der Waals surface area (Å²) in [6.07, 6.45) is 0.578. The van der Waals surface area contributed by atoms with Crippen LogP contribution in [0, 0.1) is 13.8 Å². The monoisotopic (exact) mass is 221 g/mol. The van der Waals surface area contributed by atoms with E-state index in [1.165, 1.54) is 16.7 Å². The zero-order valence-corrected chi connectivity index (χ0v) is 10.7. The second-order valence-corrected chi connectivity index (χ2v) is 4.67. The fourth-order valence-electron chi connectivity index (χ4n) is 1.93. The Labute approximate surface area is 98.7 Å². The van der Waals surface area contributed by atoms with Gasteiger partial charge in [0.05, 0.1) is 6.10 Å². The number of rotatable bonds is 5. The predicted molar refractivity (Wildman–Crippen MR) is 68.6 cm³/mol. The summed E-state index contributed by atoms with van der Waals surface area (Å²) in [5, 5.41) is 12.6. The number of benzene rings is 1. The molecule has 0 spiro atoms. The molecule has 0 fully saturated rings. The summed E-state index contributed by atoms with van der Waals surface area (Å²) >= 11 is 0. The fraction of sp³-hybridized carbons (Fsp3) is 0.571. The van der Waals surface area contributed by atoms with Crippen LogP contribution in [0.1, 0.15) is 43.0 Å². The van der Waals surface area contributed by atoms with E-state index >= 15 is 0 Å². The maximum Gasteiger partial charge on any atom is 0.0524 e. The van der Waals surface area contributed by atoms with Crippen molar-refractivity contribution in [3.05, 3.63) is 34.9 Å². The molecule has 0 aliphatic heterocycles. The number of hydrogen-bond donors (Lipinski definition) is 2. The molecule has 0 saturated carbocycles. The van der Waals surface area contributed by atoms with E-state index in [0.717, 1.165) is 13.0 Å². The fourth-order valence-corrected chi connectivity index (χ4v) is 1.93. The Morgan fingerprint density at radius 3 is 2.50 bits per heavy atom. The van der Waals surface area contributed by atoms with Gasteiger partial charge < -0.3 is 10.4 Å². The summed E-state index contributed by atoms with van der Waals surface area (Å²) < 4.78 is 0. The molecule has 2 heteroatoms. The molecule has 0 amide bonds. The predicted octanol–water partition coefficient (Wildman–Crippen LogP) is 2.72. The summed E-state index contributed by atoms with van der Waals surface area (Å²) in [5.41, 5.74) is 3.98. The van der Waals surface area contributed by atoms with Gasteiger partial charge in [-0.2, -0.15) is 0 Å². The normalized spacial score (nSPS) is 14.8. The Kier molecular flexibility index (Phi) is 4.97. The summed E-state index contributed by atoms with van der Waals surface area (Å²) in [6.45, 7) is 9.10. The van der Waals surface area contributed by atoms with Gasteiger partial charge in [-0.1, -0.05) is 23.8 Å². The largest absolute Gasteiger partial charge is 0.393 e. The first-order chi connectivity index (χ1) is 7.50. The number of aliphatic hydroxyl groups excluding tert-OH is 1. The molecular formula is C14H23NO. The van der Waals surface area contributed by atoms with Gasteiger partial charge >= 0.3 is 0 Å². The topological polar surface area (TPSA) is 32.3 Å². The summed E-state index contributed by atoms with van der Waals surface area (Å²) in [6, 6.07) is 6.89. The van der Waals surface area contributed by atoms with Gasteiger partial charge in [0, 0.05) is 6.04 Å². The van der Waals surface area contributed by atoms with Crippen LogP contribution in [0.15, 0.2) is 18.2 Å². The SMILES string of the molecule is Cc1ccc(C(C)NCCC(C)O)c(C)c1. The lowest BCUT2D eigenvalue weighted by atomic mass is 10.0. The van der Waals surface area contributed by atoms with Gasteiger partial charge in [-0.05, 0) is 51.8 Å². The average molecular weight is 221 g/mol. The molecule has 16 heavy (non-hydrogen) atoms. The Balaban J connectivity index is 2.55. The third-order valence-electron chi connectivity index (χ3n) is 2.90. The summed E-state index contributed by atoms with van der Waals surface area (Å²) in [5.74, 6) is 0. The molecule has 0 bridgehead atoms. The van der Waals surface area contributed by atoms with Crippen molar-refractivity contribution in [3.8, 4) is 0 Å². The Morgan fingerprint density at radius 2 is 1.94 bits per heavy atom. The lowest BCUT2D eigenvalue weighted by Gasteiger charge is -2.17. The highest BCUT2D eigenvalue weighted by Crippen LogP contribution is 2.18. The Bertz CT molecular complexity index is 334. The second-order valence-electron chi connectivity index (χ2n) is 4.67. The molecule has 2 nitrogen and oxygen atoms in total. The lowest BCUT2D eigenvalue weighted by Crippen LogP contribution is -2.23. The van der Waals surface area contributed by atoms with E-state index in [1.54, 1.807) is 0 Å². The molecule has 1 aromatic carbocycles. The van der Waals surface area contributed by atoms with E-state index < -0.39 is 0 Å². The molecule has 0 saturated heterocycles. The second kappa shape index (κ2) is 6.02. The van der Waals surface area contributed by atoms with Crippen molar-refractivity contribution in [2.45, 2.75) is 46.3 Å².